The van der Waals surface area contributed by atoms with E-state index in [0.717, 1.165) is 25.3 Å². The lowest BCUT2D eigenvalue weighted by atomic mass is 10.4. The number of ether oxygens (including phenoxy) is 2. The number of likely N-dealkylation sites (tertiary alicyclic amines) is 1. The van der Waals surface area contributed by atoms with E-state index in [1.54, 1.807) is 11.1 Å². The van der Waals surface area contributed by atoms with Gasteiger partial charge in [-0.05, 0) is 12.6 Å². The molecule has 124 valence electrons. The number of hydrogen-bond donors (Lipinski definition) is 1. The Balaban J connectivity index is 0. The van der Waals surface area contributed by atoms with E-state index in [2.05, 4.69) is 41.8 Å². The Hall–Kier alpha value is -2.02. The van der Waals surface area contributed by atoms with Crippen LogP contribution in [0.25, 0.3) is 0 Å². The SMILES string of the molecule is C=CC(=O)OCCS.C=CN1CCCC1=O.C=COC(C)=O. The zero-order valence-corrected chi connectivity index (χ0v) is 13.7. The van der Waals surface area contributed by atoms with Crippen LogP contribution in [-0.4, -0.2) is 41.7 Å². The first-order chi connectivity index (χ1) is 10.4. The minimum Gasteiger partial charge on any atom is -0.462 e. The molecule has 0 aromatic heterocycles. The summed E-state index contributed by atoms with van der Waals surface area (Å²) >= 11 is 3.82. The van der Waals surface area contributed by atoms with Crippen molar-refractivity contribution in [3.8, 4) is 0 Å². The van der Waals surface area contributed by atoms with Crippen molar-refractivity contribution in [2.45, 2.75) is 19.8 Å². The molecule has 1 saturated heterocycles. The van der Waals surface area contributed by atoms with E-state index in [0.29, 0.717) is 18.8 Å². The van der Waals surface area contributed by atoms with Crippen molar-refractivity contribution in [3.05, 3.63) is 38.3 Å². The maximum absolute atomic E-state index is 10.7. The van der Waals surface area contributed by atoms with Gasteiger partial charge < -0.3 is 14.4 Å². The third kappa shape index (κ3) is 14.4. The predicted octanol–water partition coefficient (Wildman–Crippen LogP) is 2.09. The molecular formula is C15H23NO5S. The van der Waals surface area contributed by atoms with Crippen LogP contribution in [0.15, 0.2) is 38.3 Å². The van der Waals surface area contributed by atoms with Gasteiger partial charge in [-0.1, -0.05) is 19.7 Å². The smallest absolute Gasteiger partial charge is 0.330 e. The van der Waals surface area contributed by atoms with Gasteiger partial charge in [0.2, 0.25) is 5.91 Å². The molecule has 0 aromatic carbocycles. The summed E-state index contributed by atoms with van der Waals surface area (Å²) in [6.45, 7) is 12.4. The number of carbonyl (C=O) groups is 3. The van der Waals surface area contributed by atoms with E-state index in [-0.39, 0.29) is 17.8 Å². The topological polar surface area (TPSA) is 72.9 Å². The summed E-state index contributed by atoms with van der Waals surface area (Å²) in [6.07, 6.45) is 5.51. The summed E-state index contributed by atoms with van der Waals surface area (Å²) in [5.41, 5.74) is 0. The molecule has 1 aliphatic heterocycles. The molecule has 22 heavy (non-hydrogen) atoms. The van der Waals surface area contributed by atoms with Gasteiger partial charge in [-0.25, -0.2) is 4.79 Å². The minimum absolute atomic E-state index is 0.208. The average Bonchev–Trinajstić information content (AvgIpc) is 2.91. The van der Waals surface area contributed by atoms with Crippen LogP contribution in [0.3, 0.4) is 0 Å². The molecule has 0 aromatic rings. The molecule has 0 radical (unpaired) electrons. The first-order valence-electron chi connectivity index (χ1n) is 6.53. The van der Waals surface area contributed by atoms with Crippen LogP contribution in [-0.2, 0) is 23.9 Å². The summed E-state index contributed by atoms with van der Waals surface area (Å²) < 4.78 is 8.67. The van der Waals surface area contributed by atoms with Gasteiger partial charge in [-0.2, -0.15) is 12.6 Å². The number of hydrogen-bond acceptors (Lipinski definition) is 6. The summed E-state index contributed by atoms with van der Waals surface area (Å²) in [5.74, 6) is 0.0450. The average molecular weight is 329 g/mol. The predicted molar refractivity (Wildman–Crippen MR) is 88.1 cm³/mol. The van der Waals surface area contributed by atoms with Crippen LogP contribution < -0.4 is 0 Å². The van der Waals surface area contributed by atoms with Gasteiger partial charge in [0.15, 0.2) is 0 Å². The quantitative estimate of drug-likeness (QED) is 0.362. The molecular weight excluding hydrogens is 306 g/mol. The first-order valence-corrected chi connectivity index (χ1v) is 7.16. The van der Waals surface area contributed by atoms with Crippen molar-refractivity contribution in [2.75, 3.05) is 18.9 Å². The van der Waals surface area contributed by atoms with Crippen LogP contribution >= 0.6 is 12.6 Å². The second-order valence-corrected chi connectivity index (χ2v) is 4.19. The number of carbonyl (C=O) groups excluding carboxylic acids is 3. The van der Waals surface area contributed by atoms with Gasteiger partial charge >= 0.3 is 11.9 Å². The van der Waals surface area contributed by atoms with Crippen LogP contribution in [0.4, 0.5) is 0 Å². The zero-order valence-electron chi connectivity index (χ0n) is 12.8. The third-order valence-electron chi connectivity index (χ3n) is 2.08. The number of amides is 1. The normalized spacial score (nSPS) is 11.9. The van der Waals surface area contributed by atoms with Gasteiger partial charge in [0, 0.05) is 31.7 Å². The van der Waals surface area contributed by atoms with Crippen LogP contribution in [0, 0.1) is 0 Å². The Kier molecular flexibility index (Phi) is 15.6. The number of thiol groups is 1. The second-order valence-electron chi connectivity index (χ2n) is 3.74. The molecule has 1 rings (SSSR count). The highest BCUT2D eigenvalue weighted by Gasteiger charge is 2.15. The molecule has 0 saturated carbocycles. The van der Waals surface area contributed by atoms with Crippen LogP contribution in [0.5, 0.6) is 0 Å². The second kappa shape index (κ2) is 15.4. The highest BCUT2D eigenvalue weighted by atomic mass is 32.1. The van der Waals surface area contributed by atoms with Crippen molar-refractivity contribution in [1.82, 2.24) is 4.90 Å². The van der Waals surface area contributed by atoms with E-state index in [1.807, 2.05) is 0 Å². The van der Waals surface area contributed by atoms with Gasteiger partial charge in [0.05, 0.1) is 6.26 Å². The van der Waals surface area contributed by atoms with E-state index in [1.165, 1.54) is 6.92 Å². The molecule has 1 aliphatic rings. The van der Waals surface area contributed by atoms with E-state index in [4.69, 9.17) is 0 Å². The largest absolute Gasteiger partial charge is 0.462 e. The van der Waals surface area contributed by atoms with Crippen molar-refractivity contribution in [3.63, 3.8) is 0 Å². The van der Waals surface area contributed by atoms with Crippen molar-refractivity contribution < 1.29 is 23.9 Å². The zero-order chi connectivity index (χ0) is 17.4. The molecule has 1 fully saturated rings. The fraction of sp³-hybridized carbons (Fsp3) is 0.400. The Morgan fingerprint density at radius 1 is 1.36 bits per heavy atom. The first kappa shape index (κ1) is 22.3. The summed E-state index contributed by atoms with van der Waals surface area (Å²) in [5, 5.41) is 0. The molecule has 0 unspecified atom stereocenters. The Morgan fingerprint density at radius 3 is 2.23 bits per heavy atom. The van der Waals surface area contributed by atoms with Gasteiger partial charge in [-0.15, -0.1) is 0 Å². The lowest BCUT2D eigenvalue weighted by molar-refractivity contribution is -0.137. The highest BCUT2D eigenvalue weighted by molar-refractivity contribution is 7.80. The van der Waals surface area contributed by atoms with Crippen molar-refractivity contribution in [1.29, 1.82) is 0 Å². The van der Waals surface area contributed by atoms with Gasteiger partial charge in [0.25, 0.3) is 0 Å². The Bertz CT molecular complexity index is 395. The lowest BCUT2D eigenvalue weighted by Crippen LogP contribution is -2.16. The van der Waals surface area contributed by atoms with Crippen LogP contribution in [0.1, 0.15) is 19.8 Å². The molecule has 7 heteroatoms. The van der Waals surface area contributed by atoms with Crippen molar-refractivity contribution >= 4 is 30.5 Å². The minimum atomic E-state index is -0.390. The number of esters is 2. The molecule has 1 heterocycles. The standard InChI is InChI=1S/C6H9NO.C5H8O2S.C4H6O2/c1-2-7-5-3-4-6(7)8;1-2-5(6)7-3-4-8;1-3-6-4(2)5/h2H,1,3-5H2;2,8H,1,3-4H2;3H,1H2,2H3. The summed E-state index contributed by atoms with van der Waals surface area (Å²) in [7, 11) is 0. The maximum Gasteiger partial charge on any atom is 0.330 e. The fourth-order valence-electron chi connectivity index (χ4n) is 1.18. The molecule has 1 amide bonds. The lowest BCUT2D eigenvalue weighted by Gasteiger charge is -2.05. The van der Waals surface area contributed by atoms with Crippen molar-refractivity contribution in [2.24, 2.45) is 0 Å². The summed E-state index contributed by atoms with van der Waals surface area (Å²) in [6, 6.07) is 0. The van der Waals surface area contributed by atoms with E-state index < -0.39 is 0 Å². The molecule has 0 N–H and O–H groups in total. The molecule has 0 bridgehead atoms. The van der Waals surface area contributed by atoms with E-state index in [9.17, 15) is 14.4 Å². The Labute approximate surface area is 136 Å². The molecule has 0 atom stereocenters. The third-order valence-corrected chi connectivity index (χ3v) is 2.26. The highest BCUT2D eigenvalue weighted by Crippen LogP contribution is 2.08. The van der Waals surface area contributed by atoms with E-state index >= 15 is 0 Å². The van der Waals surface area contributed by atoms with Gasteiger partial charge in [0.1, 0.15) is 6.61 Å². The molecule has 0 spiro atoms. The Morgan fingerprint density at radius 2 is 2.00 bits per heavy atom. The monoisotopic (exact) mass is 329 g/mol. The molecule has 6 nitrogen and oxygen atoms in total. The van der Waals surface area contributed by atoms with Crippen LogP contribution in [0.2, 0.25) is 0 Å². The number of nitrogens with zero attached hydrogens (tertiary/aromatic N) is 1. The van der Waals surface area contributed by atoms with Gasteiger partial charge in [-0.3, -0.25) is 9.59 Å². The summed E-state index contributed by atoms with van der Waals surface area (Å²) in [4.78, 5) is 32.3. The molecule has 0 aliphatic carbocycles. The fourth-order valence-corrected chi connectivity index (χ4v) is 1.28. The maximum atomic E-state index is 10.7. The number of rotatable bonds is 5.